The largest absolute Gasteiger partial charge is 0.486 e. The molecule has 9 heteroatoms. The van der Waals surface area contributed by atoms with Gasteiger partial charge in [-0.1, -0.05) is 24.3 Å². The molecular weight excluding hydrogens is 454 g/mol. The first-order valence-corrected chi connectivity index (χ1v) is 13.4. The van der Waals surface area contributed by atoms with Crippen molar-refractivity contribution in [2.45, 2.75) is 36.7 Å². The molecule has 3 aliphatic heterocycles. The molecule has 0 aliphatic carbocycles. The van der Waals surface area contributed by atoms with E-state index in [1.165, 1.54) is 4.31 Å². The zero-order valence-corrected chi connectivity index (χ0v) is 20.2. The van der Waals surface area contributed by atoms with Crippen molar-refractivity contribution in [3.63, 3.8) is 0 Å². The van der Waals surface area contributed by atoms with E-state index in [4.69, 9.17) is 9.47 Å². The molecule has 5 rings (SSSR count). The van der Waals surface area contributed by atoms with Gasteiger partial charge in [0.1, 0.15) is 13.2 Å². The van der Waals surface area contributed by atoms with Gasteiger partial charge in [-0.05, 0) is 56.1 Å². The molecule has 0 aromatic heterocycles. The Bertz CT molecular complexity index is 1130. The molecule has 3 heterocycles. The quantitative estimate of drug-likeness (QED) is 0.648. The molecule has 0 spiro atoms. The molecule has 8 nitrogen and oxygen atoms in total. The van der Waals surface area contributed by atoms with Crippen LogP contribution in [0, 0.1) is 0 Å². The molecule has 2 saturated heterocycles. The van der Waals surface area contributed by atoms with Gasteiger partial charge in [-0.15, -0.1) is 0 Å². The number of piperazine rings is 1. The summed E-state index contributed by atoms with van der Waals surface area (Å²) in [5.74, 6) is 1.60. The minimum atomic E-state index is -3.54. The van der Waals surface area contributed by atoms with E-state index >= 15 is 0 Å². The van der Waals surface area contributed by atoms with Gasteiger partial charge in [0.05, 0.1) is 10.9 Å². The van der Waals surface area contributed by atoms with Crippen molar-refractivity contribution in [2.75, 3.05) is 45.9 Å². The highest BCUT2D eigenvalue weighted by Gasteiger charge is 2.37. The van der Waals surface area contributed by atoms with Crippen molar-refractivity contribution in [3.8, 4) is 11.5 Å². The predicted octanol–water partition coefficient (Wildman–Crippen LogP) is 2.52. The van der Waals surface area contributed by atoms with E-state index < -0.39 is 10.0 Å². The van der Waals surface area contributed by atoms with Crippen LogP contribution in [0.15, 0.2) is 53.4 Å². The van der Waals surface area contributed by atoms with Crippen LogP contribution in [0.1, 0.15) is 31.4 Å². The number of sulfonamides is 1. The summed E-state index contributed by atoms with van der Waals surface area (Å²) in [7, 11) is -3.54. The number of fused-ring (bicyclic) bond motifs is 1. The van der Waals surface area contributed by atoms with Gasteiger partial charge < -0.3 is 14.4 Å². The molecule has 182 valence electrons. The van der Waals surface area contributed by atoms with Crippen molar-refractivity contribution < 1.29 is 22.7 Å². The molecule has 2 atom stereocenters. The van der Waals surface area contributed by atoms with E-state index in [-0.39, 0.29) is 18.0 Å². The normalized spacial score (nSPS) is 22.5. The molecule has 0 radical (unpaired) electrons. The van der Waals surface area contributed by atoms with Crippen LogP contribution in [0.3, 0.4) is 0 Å². The number of rotatable bonds is 5. The summed E-state index contributed by atoms with van der Waals surface area (Å²) in [6.07, 6.45) is 2.01. The first-order valence-electron chi connectivity index (χ1n) is 11.9. The third-order valence-electron chi connectivity index (χ3n) is 7.03. The molecular formula is C25H31N3O5S. The van der Waals surface area contributed by atoms with Crippen molar-refractivity contribution >= 4 is 15.9 Å². The lowest BCUT2D eigenvalue weighted by molar-refractivity contribution is -0.138. The molecule has 3 aliphatic rings. The summed E-state index contributed by atoms with van der Waals surface area (Å²) in [5, 5.41) is 0. The summed E-state index contributed by atoms with van der Waals surface area (Å²) >= 11 is 0. The Morgan fingerprint density at radius 1 is 0.941 bits per heavy atom. The molecule has 0 unspecified atom stereocenters. The molecule has 2 fully saturated rings. The van der Waals surface area contributed by atoms with Crippen LogP contribution < -0.4 is 9.47 Å². The highest BCUT2D eigenvalue weighted by molar-refractivity contribution is 7.89. The smallest absolute Gasteiger partial charge is 0.243 e. The van der Waals surface area contributed by atoms with Crippen molar-refractivity contribution in [2.24, 2.45) is 0 Å². The number of ether oxygens (including phenoxy) is 2. The summed E-state index contributed by atoms with van der Waals surface area (Å²) in [6.45, 7) is 5.34. The lowest BCUT2D eigenvalue weighted by Crippen LogP contribution is -2.55. The molecule has 0 bridgehead atoms. The fraction of sp³-hybridized carbons (Fsp3) is 0.480. The molecule has 1 amide bonds. The number of hydrogen-bond donors (Lipinski definition) is 0. The predicted molar refractivity (Wildman–Crippen MR) is 127 cm³/mol. The van der Waals surface area contributed by atoms with Crippen LogP contribution in [-0.4, -0.2) is 80.4 Å². The van der Waals surface area contributed by atoms with Gasteiger partial charge in [-0.3, -0.25) is 9.69 Å². The zero-order chi connectivity index (χ0) is 23.7. The summed E-state index contributed by atoms with van der Waals surface area (Å²) in [4.78, 5) is 17.8. The van der Waals surface area contributed by atoms with Crippen LogP contribution >= 0.6 is 0 Å². The van der Waals surface area contributed by atoms with Crippen LogP contribution in [0.5, 0.6) is 11.5 Å². The minimum Gasteiger partial charge on any atom is -0.486 e. The van der Waals surface area contributed by atoms with Crippen molar-refractivity contribution in [1.29, 1.82) is 0 Å². The first kappa shape index (κ1) is 23.1. The lowest BCUT2D eigenvalue weighted by atomic mass is 10.0. The second-order valence-corrected chi connectivity index (χ2v) is 11.0. The lowest BCUT2D eigenvalue weighted by Gasteiger charge is -2.38. The van der Waals surface area contributed by atoms with E-state index in [1.807, 2.05) is 19.1 Å². The van der Waals surface area contributed by atoms with E-state index in [0.717, 1.165) is 36.4 Å². The zero-order valence-electron chi connectivity index (χ0n) is 19.4. The molecule has 0 N–H and O–H groups in total. The summed E-state index contributed by atoms with van der Waals surface area (Å²) in [5.41, 5.74) is 1.14. The van der Waals surface area contributed by atoms with Gasteiger partial charge in [-0.25, -0.2) is 8.42 Å². The number of hydrogen-bond acceptors (Lipinski definition) is 6. The Morgan fingerprint density at radius 3 is 2.38 bits per heavy atom. The highest BCUT2D eigenvalue weighted by Crippen LogP contribution is 2.39. The van der Waals surface area contributed by atoms with E-state index in [1.54, 1.807) is 35.2 Å². The van der Waals surface area contributed by atoms with Gasteiger partial charge in [0, 0.05) is 32.2 Å². The summed E-state index contributed by atoms with van der Waals surface area (Å²) < 4.78 is 38.7. The maximum atomic E-state index is 13.4. The van der Waals surface area contributed by atoms with Gasteiger partial charge in [-0.2, -0.15) is 4.31 Å². The average molecular weight is 486 g/mol. The van der Waals surface area contributed by atoms with Gasteiger partial charge in [0.25, 0.3) is 0 Å². The van der Waals surface area contributed by atoms with Gasteiger partial charge >= 0.3 is 0 Å². The van der Waals surface area contributed by atoms with Crippen LogP contribution in [0.4, 0.5) is 0 Å². The van der Waals surface area contributed by atoms with Crippen molar-refractivity contribution in [1.82, 2.24) is 14.1 Å². The fourth-order valence-corrected chi connectivity index (χ4v) is 6.62. The Hall–Kier alpha value is -2.62. The monoisotopic (exact) mass is 485 g/mol. The second kappa shape index (κ2) is 9.56. The Morgan fingerprint density at radius 2 is 1.65 bits per heavy atom. The maximum Gasteiger partial charge on any atom is 0.243 e. The Labute approximate surface area is 201 Å². The first-order chi connectivity index (χ1) is 16.4. The Balaban J connectivity index is 1.24. The van der Waals surface area contributed by atoms with Crippen molar-refractivity contribution in [3.05, 3.63) is 54.1 Å². The van der Waals surface area contributed by atoms with Crippen LogP contribution in [0.25, 0.3) is 0 Å². The Kier molecular flexibility index (Phi) is 6.50. The number of carbonyl (C=O) groups is 1. The number of likely N-dealkylation sites (tertiary alicyclic amines) is 1. The van der Waals surface area contributed by atoms with E-state index in [9.17, 15) is 13.2 Å². The SMILES string of the molecule is C[C@@H](C(=O)N1CCN(S(=O)(=O)c2ccccc2)CC1)N1CCC[C@@H]1c1ccc2c(c1)OCCO2. The van der Waals surface area contributed by atoms with Crippen LogP contribution in [0.2, 0.25) is 0 Å². The molecule has 2 aromatic carbocycles. The maximum absolute atomic E-state index is 13.4. The molecule has 0 saturated carbocycles. The summed E-state index contributed by atoms with van der Waals surface area (Å²) in [6, 6.07) is 14.4. The molecule has 2 aromatic rings. The third kappa shape index (κ3) is 4.39. The number of benzene rings is 2. The number of nitrogens with zero attached hydrogens (tertiary/aromatic N) is 3. The number of amides is 1. The van der Waals surface area contributed by atoms with E-state index in [0.29, 0.717) is 44.3 Å². The topological polar surface area (TPSA) is 79.4 Å². The molecule has 34 heavy (non-hydrogen) atoms. The van der Waals surface area contributed by atoms with Crippen LogP contribution in [-0.2, 0) is 14.8 Å². The third-order valence-corrected chi connectivity index (χ3v) is 8.94. The standard InChI is InChI=1S/C25H31N3O5S/c1-19(28-11-5-8-22(28)20-9-10-23-24(18-20)33-17-16-32-23)25(29)26-12-14-27(15-13-26)34(30,31)21-6-3-2-4-7-21/h2-4,6-7,9-10,18-19,22H,5,8,11-17H2,1H3/t19-,22+/m0/s1. The minimum absolute atomic E-state index is 0.0567. The fourth-order valence-electron chi connectivity index (χ4n) is 5.17. The van der Waals surface area contributed by atoms with E-state index in [2.05, 4.69) is 11.0 Å². The van der Waals surface area contributed by atoms with Gasteiger partial charge in [0.2, 0.25) is 15.9 Å². The highest BCUT2D eigenvalue weighted by atomic mass is 32.2. The second-order valence-electron chi connectivity index (χ2n) is 9.02. The van der Waals surface area contributed by atoms with Gasteiger partial charge in [0.15, 0.2) is 11.5 Å². The number of carbonyl (C=O) groups excluding carboxylic acids is 1. The average Bonchev–Trinajstić information content (AvgIpc) is 3.38.